The number of non-ortho nitro benzene ring substituents is 1. The first-order valence-electron chi connectivity index (χ1n) is 10.6. The molecule has 1 N–H and O–H groups in total. The molecule has 3 aromatic carbocycles. The van der Waals surface area contributed by atoms with Crippen LogP contribution < -0.4 is 10.2 Å². The van der Waals surface area contributed by atoms with Crippen molar-refractivity contribution in [2.75, 3.05) is 36.5 Å². The highest BCUT2D eigenvalue weighted by Gasteiger charge is 2.22. The Morgan fingerprint density at radius 2 is 1.88 bits per heavy atom. The van der Waals surface area contributed by atoms with Gasteiger partial charge in [-0.15, -0.1) is 0 Å². The monoisotopic (exact) mass is 462 g/mol. The highest BCUT2D eigenvalue weighted by Crippen LogP contribution is 2.30. The lowest BCUT2D eigenvalue weighted by molar-refractivity contribution is -0.384. The summed E-state index contributed by atoms with van der Waals surface area (Å²) in [6.45, 7) is 2.15. The van der Waals surface area contributed by atoms with Crippen molar-refractivity contribution in [3.05, 3.63) is 82.2 Å². The van der Waals surface area contributed by atoms with Gasteiger partial charge < -0.3 is 19.4 Å². The van der Waals surface area contributed by atoms with Crippen molar-refractivity contribution < 1.29 is 23.3 Å². The zero-order valence-electron chi connectivity index (χ0n) is 17.9. The minimum absolute atomic E-state index is 0.130. The van der Waals surface area contributed by atoms with E-state index in [0.717, 1.165) is 0 Å². The first kappa shape index (κ1) is 21.5. The number of nitro groups is 1. The summed E-state index contributed by atoms with van der Waals surface area (Å²) >= 11 is 0. The van der Waals surface area contributed by atoms with Crippen molar-refractivity contribution in [3.8, 4) is 11.5 Å². The number of nitro benzene ring substituents is 1. The van der Waals surface area contributed by atoms with E-state index in [1.165, 1.54) is 18.2 Å². The number of ether oxygens (including phenoxy) is 1. The first-order valence-corrected chi connectivity index (χ1v) is 10.6. The maximum atomic E-state index is 14.1. The van der Waals surface area contributed by atoms with Gasteiger partial charge in [-0.25, -0.2) is 9.37 Å². The number of hydrogen-bond acceptors (Lipinski definition) is 7. The molecule has 0 unspecified atom stereocenters. The van der Waals surface area contributed by atoms with Gasteiger partial charge in [0.25, 0.3) is 11.6 Å². The van der Waals surface area contributed by atoms with Gasteiger partial charge in [-0.3, -0.25) is 14.9 Å². The molecule has 172 valence electrons. The zero-order valence-corrected chi connectivity index (χ0v) is 17.9. The summed E-state index contributed by atoms with van der Waals surface area (Å²) in [6, 6.07) is 15.2. The summed E-state index contributed by atoms with van der Waals surface area (Å²) in [6.07, 6.45) is 0. The molecule has 1 aromatic heterocycles. The standard InChI is InChI=1S/C24H19FN4O5/c25-19-4-2-1-3-17(19)24-27-20-13-15(5-8-22(20)34-24)26-23(30)18-14-16(29(31)32)6-7-21(18)28-9-11-33-12-10-28/h1-8,13-14H,9-12H2,(H,26,30). The first-order chi connectivity index (χ1) is 16.5. The van der Waals surface area contributed by atoms with Crippen LogP contribution in [0.15, 0.2) is 65.1 Å². The molecule has 34 heavy (non-hydrogen) atoms. The molecular formula is C24H19FN4O5. The highest BCUT2D eigenvalue weighted by molar-refractivity contribution is 6.09. The summed E-state index contributed by atoms with van der Waals surface area (Å²) in [5.41, 5.74) is 2.12. The molecule has 1 amide bonds. The van der Waals surface area contributed by atoms with Gasteiger partial charge >= 0.3 is 0 Å². The maximum Gasteiger partial charge on any atom is 0.270 e. The highest BCUT2D eigenvalue weighted by atomic mass is 19.1. The van der Waals surface area contributed by atoms with Crippen LogP contribution in [-0.2, 0) is 4.74 Å². The van der Waals surface area contributed by atoms with Crippen molar-refractivity contribution in [1.82, 2.24) is 4.98 Å². The number of fused-ring (bicyclic) bond motifs is 1. The Morgan fingerprint density at radius 1 is 1.09 bits per heavy atom. The van der Waals surface area contributed by atoms with Gasteiger partial charge in [-0.05, 0) is 36.4 Å². The normalized spacial score (nSPS) is 13.7. The number of carbonyl (C=O) groups is 1. The van der Waals surface area contributed by atoms with Crippen LogP contribution in [0.1, 0.15) is 10.4 Å². The number of nitrogens with zero attached hydrogens (tertiary/aromatic N) is 3. The topological polar surface area (TPSA) is 111 Å². The Balaban J connectivity index is 1.45. The van der Waals surface area contributed by atoms with Crippen LogP contribution in [0.2, 0.25) is 0 Å². The number of aromatic nitrogens is 1. The molecule has 0 atom stereocenters. The quantitative estimate of drug-likeness (QED) is 0.340. The molecule has 0 aliphatic carbocycles. The number of morpholine rings is 1. The van der Waals surface area contributed by atoms with Gasteiger partial charge in [-0.2, -0.15) is 0 Å². The fourth-order valence-corrected chi connectivity index (χ4v) is 3.85. The average molecular weight is 462 g/mol. The lowest BCUT2D eigenvalue weighted by Gasteiger charge is -2.30. The lowest BCUT2D eigenvalue weighted by Crippen LogP contribution is -2.37. The number of rotatable bonds is 5. The van der Waals surface area contributed by atoms with Gasteiger partial charge in [0.15, 0.2) is 5.58 Å². The third-order valence-corrected chi connectivity index (χ3v) is 5.54. The predicted molar refractivity (Wildman–Crippen MR) is 123 cm³/mol. The maximum absolute atomic E-state index is 14.1. The van der Waals surface area contributed by atoms with Gasteiger partial charge in [-0.1, -0.05) is 12.1 Å². The Morgan fingerprint density at radius 3 is 2.65 bits per heavy atom. The van der Waals surface area contributed by atoms with E-state index in [2.05, 4.69) is 10.3 Å². The van der Waals surface area contributed by atoms with E-state index in [1.54, 1.807) is 42.5 Å². The summed E-state index contributed by atoms with van der Waals surface area (Å²) in [5.74, 6) is -0.823. The van der Waals surface area contributed by atoms with Crippen LogP contribution in [0.4, 0.5) is 21.5 Å². The van der Waals surface area contributed by atoms with E-state index in [4.69, 9.17) is 9.15 Å². The molecular weight excluding hydrogens is 443 g/mol. The number of carbonyl (C=O) groups excluding carboxylic acids is 1. The number of amides is 1. The molecule has 0 saturated carbocycles. The summed E-state index contributed by atoms with van der Waals surface area (Å²) in [7, 11) is 0. The molecule has 0 bridgehead atoms. The SMILES string of the molecule is O=C(Nc1ccc2oc(-c3ccccc3F)nc2c1)c1cc([N+](=O)[O-])ccc1N1CCOCC1. The Bertz CT molecular complexity index is 1400. The second-order valence-corrected chi connectivity index (χ2v) is 7.69. The van der Waals surface area contributed by atoms with E-state index in [9.17, 15) is 19.3 Å². The molecule has 10 heteroatoms. The number of benzene rings is 3. The van der Waals surface area contributed by atoms with Crippen LogP contribution in [0.25, 0.3) is 22.6 Å². The fraction of sp³-hybridized carbons (Fsp3) is 0.167. The smallest absolute Gasteiger partial charge is 0.270 e. The van der Waals surface area contributed by atoms with E-state index < -0.39 is 16.6 Å². The van der Waals surface area contributed by atoms with Gasteiger partial charge in [0.05, 0.1) is 35.0 Å². The Labute approximate surface area is 192 Å². The molecule has 0 spiro atoms. The lowest BCUT2D eigenvalue weighted by atomic mass is 10.1. The van der Waals surface area contributed by atoms with E-state index in [-0.39, 0.29) is 22.7 Å². The fourth-order valence-electron chi connectivity index (χ4n) is 3.85. The van der Waals surface area contributed by atoms with Crippen molar-refractivity contribution in [1.29, 1.82) is 0 Å². The number of halogens is 1. The minimum Gasteiger partial charge on any atom is -0.436 e. The van der Waals surface area contributed by atoms with Crippen LogP contribution in [0, 0.1) is 15.9 Å². The predicted octanol–water partition coefficient (Wildman–Crippen LogP) is 4.63. The van der Waals surface area contributed by atoms with E-state index in [1.807, 2.05) is 4.90 Å². The second kappa shape index (κ2) is 8.91. The van der Waals surface area contributed by atoms with Crippen LogP contribution >= 0.6 is 0 Å². The van der Waals surface area contributed by atoms with Crippen molar-refractivity contribution in [2.24, 2.45) is 0 Å². The van der Waals surface area contributed by atoms with Gasteiger partial charge in [0, 0.05) is 30.9 Å². The van der Waals surface area contributed by atoms with Crippen molar-refractivity contribution in [3.63, 3.8) is 0 Å². The molecule has 2 heterocycles. The summed E-state index contributed by atoms with van der Waals surface area (Å²) in [4.78, 5) is 30.3. The molecule has 9 nitrogen and oxygen atoms in total. The minimum atomic E-state index is -0.536. The van der Waals surface area contributed by atoms with Crippen LogP contribution in [0.3, 0.4) is 0 Å². The van der Waals surface area contributed by atoms with E-state index >= 15 is 0 Å². The third-order valence-electron chi connectivity index (χ3n) is 5.54. The largest absolute Gasteiger partial charge is 0.436 e. The molecule has 1 saturated heterocycles. The third kappa shape index (κ3) is 4.18. The Kier molecular flexibility index (Phi) is 5.64. The molecule has 0 radical (unpaired) electrons. The van der Waals surface area contributed by atoms with E-state index in [0.29, 0.717) is 48.8 Å². The molecule has 1 fully saturated rings. The van der Waals surface area contributed by atoms with Gasteiger partial charge in [0.2, 0.25) is 5.89 Å². The van der Waals surface area contributed by atoms with Gasteiger partial charge in [0.1, 0.15) is 11.3 Å². The number of anilines is 2. The van der Waals surface area contributed by atoms with Crippen LogP contribution in [0.5, 0.6) is 0 Å². The zero-order chi connectivity index (χ0) is 23.7. The average Bonchev–Trinajstić information content (AvgIpc) is 3.27. The van der Waals surface area contributed by atoms with Crippen molar-refractivity contribution >= 4 is 34.1 Å². The molecule has 1 aliphatic rings. The van der Waals surface area contributed by atoms with Crippen molar-refractivity contribution in [2.45, 2.75) is 0 Å². The summed E-state index contributed by atoms with van der Waals surface area (Å²) < 4.78 is 25.1. The second-order valence-electron chi connectivity index (χ2n) is 7.69. The number of nitrogens with one attached hydrogen (secondary N) is 1. The molecule has 4 aromatic rings. The Hall–Kier alpha value is -4.31. The summed E-state index contributed by atoms with van der Waals surface area (Å²) in [5, 5.41) is 14.1. The molecule has 1 aliphatic heterocycles. The van der Waals surface area contributed by atoms with Crippen LogP contribution in [-0.4, -0.2) is 42.1 Å². The number of hydrogen-bond donors (Lipinski definition) is 1. The number of oxazole rings is 1. The molecule has 5 rings (SSSR count).